The molecule has 3 aromatic carbocycles. The average Bonchev–Trinajstić information content (AvgIpc) is 2.79. The predicted molar refractivity (Wildman–Crippen MR) is 75.6 cm³/mol. The largest absolute Gasteiger partial charge is 0.453 e. The Morgan fingerprint density at radius 1 is 0.667 bits per heavy atom. The highest BCUT2D eigenvalue weighted by Gasteiger charge is 2.11. The molecule has 1 aromatic heterocycles. The molecule has 4 rings (SSSR count). The van der Waals surface area contributed by atoms with Crippen LogP contribution >= 0.6 is 0 Å². The van der Waals surface area contributed by atoms with Gasteiger partial charge in [0.05, 0.1) is 5.69 Å². The van der Waals surface area contributed by atoms with E-state index in [1.807, 2.05) is 30.3 Å². The summed E-state index contributed by atoms with van der Waals surface area (Å²) in [6.45, 7) is 0. The number of rotatable bonds is 0. The van der Waals surface area contributed by atoms with E-state index in [2.05, 4.69) is 24.3 Å². The molecule has 4 aromatic rings. The lowest BCUT2D eigenvalue weighted by atomic mass is 10.1. The lowest BCUT2D eigenvalue weighted by Gasteiger charge is -1.97. The third-order valence-electron chi connectivity index (χ3n) is 3.42. The number of furan rings is 1. The number of benzene rings is 3. The Morgan fingerprint density at radius 3 is 2.39 bits per heavy atom. The topological polar surface area (TPSA) is 39.2 Å². The summed E-state index contributed by atoms with van der Waals surface area (Å²) in [6.07, 6.45) is 0. The maximum absolute atomic E-state index is 5.97. The van der Waals surface area contributed by atoms with Crippen LogP contribution in [-0.2, 0) is 0 Å². The van der Waals surface area contributed by atoms with E-state index >= 15 is 0 Å². The minimum atomic E-state index is 0.688. The number of anilines is 1. The highest BCUT2D eigenvalue weighted by atomic mass is 16.3. The Morgan fingerprint density at radius 2 is 1.44 bits per heavy atom. The third-order valence-corrected chi connectivity index (χ3v) is 3.42. The van der Waals surface area contributed by atoms with E-state index in [9.17, 15) is 0 Å². The molecule has 0 saturated carbocycles. The fourth-order valence-corrected chi connectivity index (χ4v) is 2.55. The molecule has 2 heteroatoms. The lowest BCUT2D eigenvalue weighted by Crippen LogP contribution is -1.82. The Balaban J connectivity index is 2.33. The van der Waals surface area contributed by atoms with E-state index in [4.69, 9.17) is 10.2 Å². The summed E-state index contributed by atoms with van der Waals surface area (Å²) in [4.78, 5) is 0. The number of nitrogens with two attached hydrogens (primary N) is 1. The van der Waals surface area contributed by atoms with Crippen molar-refractivity contribution < 1.29 is 4.42 Å². The van der Waals surface area contributed by atoms with Gasteiger partial charge in [-0.05, 0) is 17.5 Å². The van der Waals surface area contributed by atoms with E-state index in [0.29, 0.717) is 5.69 Å². The van der Waals surface area contributed by atoms with Gasteiger partial charge in [0, 0.05) is 16.2 Å². The van der Waals surface area contributed by atoms with E-state index in [1.165, 1.54) is 5.39 Å². The van der Waals surface area contributed by atoms with Crippen molar-refractivity contribution in [3.05, 3.63) is 54.6 Å². The summed E-state index contributed by atoms with van der Waals surface area (Å²) in [6, 6.07) is 18.3. The molecule has 0 saturated heterocycles. The Kier molecular flexibility index (Phi) is 1.73. The molecule has 0 aliphatic carbocycles. The standard InChI is InChI=1S/C16H11NO/c17-14-7-3-6-12-13-9-8-10-4-1-2-5-11(10)15(13)18-16(12)14/h1-9H,17H2. The number of hydrogen-bond acceptors (Lipinski definition) is 2. The molecule has 0 unspecified atom stereocenters. The van der Waals surface area contributed by atoms with Crippen LogP contribution in [0.15, 0.2) is 59.0 Å². The monoisotopic (exact) mass is 233 g/mol. The molecule has 2 nitrogen and oxygen atoms in total. The van der Waals surface area contributed by atoms with Gasteiger partial charge < -0.3 is 10.2 Å². The maximum Gasteiger partial charge on any atom is 0.158 e. The van der Waals surface area contributed by atoms with Crippen molar-refractivity contribution in [1.29, 1.82) is 0 Å². The smallest absolute Gasteiger partial charge is 0.158 e. The molecule has 18 heavy (non-hydrogen) atoms. The van der Waals surface area contributed by atoms with Gasteiger partial charge in [-0.1, -0.05) is 42.5 Å². The minimum Gasteiger partial charge on any atom is -0.453 e. The van der Waals surface area contributed by atoms with Gasteiger partial charge in [0.2, 0.25) is 0 Å². The first kappa shape index (κ1) is 9.54. The van der Waals surface area contributed by atoms with Gasteiger partial charge in [0.1, 0.15) is 5.58 Å². The molecular formula is C16H11NO. The summed E-state index contributed by atoms with van der Waals surface area (Å²) < 4.78 is 5.97. The van der Waals surface area contributed by atoms with Crippen molar-refractivity contribution in [2.24, 2.45) is 0 Å². The number of nitrogen functional groups attached to an aromatic ring is 1. The Bertz CT molecular complexity index is 889. The van der Waals surface area contributed by atoms with Crippen molar-refractivity contribution in [3.63, 3.8) is 0 Å². The number of hydrogen-bond donors (Lipinski definition) is 1. The highest BCUT2D eigenvalue weighted by molar-refractivity contribution is 6.16. The second kappa shape index (κ2) is 3.26. The SMILES string of the molecule is Nc1cccc2c1oc1c3ccccc3ccc21. The highest BCUT2D eigenvalue weighted by Crippen LogP contribution is 2.35. The Labute approximate surface area is 104 Å². The summed E-state index contributed by atoms with van der Waals surface area (Å²) in [5.41, 5.74) is 8.36. The molecule has 0 bridgehead atoms. The van der Waals surface area contributed by atoms with Gasteiger partial charge in [-0.25, -0.2) is 0 Å². The van der Waals surface area contributed by atoms with Crippen LogP contribution in [0.25, 0.3) is 32.7 Å². The zero-order valence-corrected chi connectivity index (χ0v) is 9.68. The molecule has 86 valence electrons. The van der Waals surface area contributed by atoms with Crippen LogP contribution in [0.4, 0.5) is 5.69 Å². The summed E-state index contributed by atoms with van der Waals surface area (Å²) in [5, 5.41) is 4.51. The zero-order chi connectivity index (χ0) is 12.1. The molecular weight excluding hydrogens is 222 g/mol. The average molecular weight is 233 g/mol. The molecule has 0 aliphatic heterocycles. The van der Waals surface area contributed by atoms with E-state index in [1.54, 1.807) is 0 Å². The van der Waals surface area contributed by atoms with Gasteiger partial charge in [-0.2, -0.15) is 0 Å². The molecule has 0 fully saturated rings. The van der Waals surface area contributed by atoms with Gasteiger partial charge in [-0.3, -0.25) is 0 Å². The van der Waals surface area contributed by atoms with E-state index < -0.39 is 0 Å². The Hall–Kier alpha value is -2.48. The van der Waals surface area contributed by atoms with Gasteiger partial charge in [0.25, 0.3) is 0 Å². The molecule has 0 amide bonds. The second-order valence-electron chi connectivity index (χ2n) is 4.49. The van der Waals surface area contributed by atoms with Crippen LogP contribution in [0.2, 0.25) is 0 Å². The normalized spacial score (nSPS) is 11.6. The third kappa shape index (κ3) is 1.12. The summed E-state index contributed by atoms with van der Waals surface area (Å²) >= 11 is 0. The van der Waals surface area contributed by atoms with Crippen molar-refractivity contribution in [2.75, 3.05) is 5.73 Å². The van der Waals surface area contributed by atoms with Crippen molar-refractivity contribution in [2.45, 2.75) is 0 Å². The van der Waals surface area contributed by atoms with Gasteiger partial charge in [0.15, 0.2) is 5.58 Å². The molecule has 0 radical (unpaired) electrons. The van der Waals surface area contributed by atoms with Crippen LogP contribution in [0, 0.1) is 0 Å². The molecule has 2 N–H and O–H groups in total. The number of fused-ring (bicyclic) bond motifs is 5. The summed E-state index contributed by atoms with van der Waals surface area (Å²) in [5.74, 6) is 0. The first-order valence-corrected chi connectivity index (χ1v) is 5.93. The van der Waals surface area contributed by atoms with Gasteiger partial charge in [-0.15, -0.1) is 0 Å². The molecule has 0 atom stereocenters. The van der Waals surface area contributed by atoms with Crippen LogP contribution in [0.3, 0.4) is 0 Å². The lowest BCUT2D eigenvalue weighted by molar-refractivity contribution is 0.674. The summed E-state index contributed by atoms with van der Waals surface area (Å²) in [7, 11) is 0. The van der Waals surface area contributed by atoms with E-state index in [-0.39, 0.29) is 0 Å². The number of para-hydroxylation sites is 1. The molecule has 0 spiro atoms. The van der Waals surface area contributed by atoms with E-state index in [0.717, 1.165) is 27.3 Å². The molecule has 1 heterocycles. The van der Waals surface area contributed by atoms with Crippen LogP contribution < -0.4 is 5.73 Å². The van der Waals surface area contributed by atoms with Crippen molar-refractivity contribution >= 4 is 38.4 Å². The van der Waals surface area contributed by atoms with Gasteiger partial charge >= 0.3 is 0 Å². The van der Waals surface area contributed by atoms with Crippen LogP contribution in [0.1, 0.15) is 0 Å². The quantitative estimate of drug-likeness (QED) is 0.459. The zero-order valence-electron chi connectivity index (χ0n) is 9.68. The second-order valence-corrected chi connectivity index (χ2v) is 4.49. The van der Waals surface area contributed by atoms with Crippen molar-refractivity contribution in [3.8, 4) is 0 Å². The first-order chi connectivity index (χ1) is 8.84. The van der Waals surface area contributed by atoms with Crippen LogP contribution in [0.5, 0.6) is 0 Å². The minimum absolute atomic E-state index is 0.688. The van der Waals surface area contributed by atoms with Crippen LogP contribution in [-0.4, -0.2) is 0 Å². The molecule has 0 aliphatic rings. The fraction of sp³-hybridized carbons (Fsp3) is 0. The predicted octanol–water partition coefficient (Wildman–Crippen LogP) is 4.32. The first-order valence-electron chi connectivity index (χ1n) is 5.93. The maximum atomic E-state index is 5.97. The van der Waals surface area contributed by atoms with Crippen molar-refractivity contribution in [1.82, 2.24) is 0 Å². The fourth-order valence-electron chi connectivity index (χ4n) is 2.55.